The molecule has 4 aromatic rings. The van der Waals surface area contributed by atoms with E-state index in [4.69, 9.17) is 27.9 Å². The van der Waals surface area contributed by atoms with Gasteiger partial charge in [-0.2, -0.15) is 0 Å². The minimum absolute atomic E-state index is 0.0318. The highest BCUT2D eigenvalue weighted by Crippen LogP contribution is 2.41. The highest BCUT2D eigenvalue weighted by Gasteiger charge is 2.46. The van der Waals surface area contributed by atoms with Crippen LogP contribution in [0.25, 0.3) is 5.76 Å². The topological polar surface area (TPSA) is 79.7 Å². The van der Waals surface area contributed by atoms with Crippen LogP contribution in [0.5, 0.6) is 5.75 Å². The molecule has 1 N–H and O–H groups in total. The summed E-state index contributed by atoms with van der Waals surface area (Å²) in [4.78, 5) is 32.0. The molecule has 39 heavy (non-hydrogen) atoms. The maximum Gasteiger partial charge on any atom is 0.295 e. The molecule has 2 heterocycles. The van der Waals surface area contributed by atoms with Gasteiger partial charge in [0, 0.05) is 24.5 Å². The molecule has 1 aliphatic heterocycles. The van der Waals surface area contributed by atoms with Crippen molar-refractivity contribution in [3.63, 3.8) is 0 Å². The zero-order valence-electron chi connectivity index (χ0n) is 21.0. The summed E-state index contributed by atoms with van der Waals surface area (Å²) in [6, 6.07) is 22.3. The Morgan fingerprint density at radius 2 is 1.72 bits per heavy atom. The fourth-order valence-electron chi connectivity index (χ4n) is 4.59. The predicted molar refractivity (Wildman–Crippen MR) is 150 cm³/mol. The fourth-order valence-corrected chi connectivity index (χ4v) is 4.90. The van der Waals surface area contributed by atoms with Crippen molar-refractivity contribution in [1.29, 1.82) is 0 Å². The van der Waals surface area contributed by atoms with E-state index in [-0.39, 0.29) is 22.9 Å². The quantitative estimate of drug-likeness (QED) is 0.151. The van der Waals surface area contributed by atoms with Gasteiger partial charge in [-0.3, -0.25) is 14.6 Å². The molecule has 1 fully saturated rings. The Bertz CT molecular complexity index is 1570. The average molecular weight is 559 g/mol. The van der Waals surface area contributed by atoms with Crippen molar-refractivity contribution in [1.82, 2.24) is 9.88 Å². The van der Waals surface area contributed by atoms with E-state index in [0.717, 1.165) is 16.7 Å². The van der Waals surface area contributed by atoms with Gasteiger partial charge in [-0.1, -0.05) is 65.2 Å². The molecule has 1 aliphatic rings. The van der Waals surface area contributed by atoms with Crippen molar-refractivity contribution in [2.45, 2.75) is 26.1 Å². The first-order chi connectivity index (χ1) is 18.8. The number of aromatic nitrogens is 1. The van der Waals surface area contributed by atoms with Crippen LogP contribution in [-0.2, 0) is 22.7 Å². The molecule has 1 amide bonds. The third kappa shape index (κ3) is 5.67. The lowest BCUT2D eigenvalue weighted by molar-refractivity contribution is -0.140. The van der Waals surface area contributed by atoms with Gasteiger partial charge in [0.05, 0.1) is 21.7 Å². The third-order valence-electron chi connectivity index (χ3n) is 6.49. The van der Waals surface area contributed by atoms with Gasteiger partial charge in [0.25, 0.3) is 11.7 Å². The molecule has 5 rings (SSSR count). The monoisotopic (exact) mass is 558 g/mol. The zero-order chi connectivity index (χ0) is 27.5. The van der Waals surface area contributed by atoms with Gasteiger partial charge in [-0.25, -0.2) is 0 Å². The second kappa shape index (κ2) is 11.3. The van der Waals surface area contributed by atoms with E-state index in [1.807, 2.05) is 37.3 Å². The lowest BCUT2D eigenvalue weighted by Crippen LogP contribution is -2.29. The Morgan fingerprint density at radius 1 is 0.949 bits per heavy atom. The van der Waals surface area contributed by atoms with Crippen molar-refractivity contribution in [3.8, 4) is 5.75 Å². The van der Waals surface area contributed by atoms with Crippen LogP contribution in [-0.4, -0.2) is 26.7 Å². The number of ether oxygens (including phenoxy) is 1. The molecule has 196 valence electrons. The second-order valence-corrected chi connectivity index (χ2v) is 10.1. The highest BCUT2D eigenvalue weighted by atomic mass is 35.5. The van der Waals surface area contributed by atoms with Crippen LogP contribution < -0.4 is 4.74 Å². The molecule has 0 bridgehead atoms. The van der Waals surface area contributed by atoms with Gasteiger partial charge < -0.3 is 14.7 Å². The first-order valence-corrected chi connectivity index (χ1v) is 13.0. The number of ketones is 1. The van der Waals surface area contributed by atoms with Crippen molar-refractivity contribution >= 4 is 40.7 Å². The number of rotatable bonds is 7. The first-order valence-electron chi connectivity index (χ1n) is 12.2. The van der Waals surface area contributed by atoms with E-state index in [1.54, 1.807) is 60.9 Å². The lowest BCUT2D eigenvalue weighted by Gasteiger charge is -2.25. The van der Waals surface area contributed by atoms with Gasteiger partial charge in [-0.15, -0.1) is 0 Å². The maximum absolute atomic E-state index is 13.3. The number of carbonyl (C=O) groups excluding carboxylic acids is 2. The number of Topliss-reactive ketones (excluding diaryl/α,β-unsaturated/α-hetero) is 1. The number of pyridine rings is 1. The van der Waals surface area contributed by atoms with Crippen LogP contribution in [0, 0.1) is 6.92 Å². The number of benzene rings is 3. The normalized spacial score (nSPS) is 16.5. The number of aliphatic hydroxyl groups is 1. The molecular weight excluding hydrogens is 535 g/mol. The van der Waals surface area contributed by atoms with Crippen molar-refractivity contribution in [2.24, 2.45) is 0 Å². The summed E-state index contributed by atoms with van der Waals surface area (Å²) in [6.45, 7) is 2.53. The van der Waals surface area contributed by atoms with Gasteiger partial charge in [0.2, 0.25) is 0 Å². The van der Waals surface area contributed by atoms with Crippen LogP contribution in [0.15, 0.2) is 96.8 Å². The molecule has 0 spiro atoms. The lowest BCUT2D eigenvalue weighted by atomic mass is 9.95. The molecule has 6 nitrogen and oxygen atoms in total. The molecule has 1 unspecified atom stereocenters. The van der Waals surface area contributed by atoms with Crippen LogP contribution in [0.4, 0.5) is 0 Å². The Balaban J connectivity index is 1.49. The number of aryl methyl sites for hydroxylation is 1. The summed E-state index contributed by atoms with van der Waals surface area (Å²) in [6.07, 6.45) is 3.25. The second-order valence-electron chi connectivity index (χ2n) is 9.26. The minimum atomic E-state index is -0.878. The number of nitrogens with zero attached hydrogens (tertiary/aromatic N) is 2. The Morgan fingerprint density at radius 3 is 2.41 bits per heavy atom. The zero-order valence-corrected chi connectivity index (χ0v) is 22.5. The molecule has 0 radical (unpaired) electrons. The number of carbonyl (C=O) groups is 2. The van der Waals surface area contributed by atoms with Gasteiger partial charge in [-0.05, 0) is 66.1 Å². The summed E-state index contributed by atoms with van der Waals surface area (Å²) < 4.78 is 5.88. The number of hydrogen-bond donors (Lipinski definition) is 1. The maximum atomic E-state index is 13.3. The average Bonchev–Trinajstić information content (AvgIpc) is 3.19. The van der Waals surface area contributed by atoms with E-state index < -0.39 is 17.7 Å². The number of halogens is 2. The summed E-state index contributed by atoms with van der Waals surface area (Å²) in [7, 11) is 0. The van der Waals surface area contributed by atoms with Crippen LogP contribution in [0.3, 0.4) is 0 Å². The summed E-state index contributed by atoms with van der Waals surface area (Å²) in [5.41, 5.74) is 3.81. The molecule has 8 heteroatoms. The molecule has 3 aromatic carbocycles. The molecular formula is C31H24Cl2N2O4. The van der Waals surface area contributed by atoms with Gasteiger partial charge >= 0.3 is 0 Å². The van der Waals surface area contributed by atoms with Crippen LogP contribution >= 0.6 is 23.2 Å². The van der Waals surface area contributed by atoms with Crippen molar-refractivity contribution in [3.05, 3.63) is 135 Å². The molecule has 0 saturated carbocycles. The Labute approximate surface area is 236 Å². The smallest absolute Gasteiger partial charge is 0.295 e. The Hall–Kier alpha value is -4.13. The Kier molecular flexibility index (Phi) is 7.68. The number of aliphatic hydroxyl groups excluding tert-OH is 1. The van der Waals surface area contributed by atoms with Crippen LogP contribution in [0.2, 0.25) is 10.0 Å². The SMILES string of the molecule is Cc1cccc(COc2ccc(/C(O)=C3\C(=O)C(=O)N(Cc4cccnc4)C3c3ccc(Cl)c(Cl)c3)cc2)c1. The van der Waals surface area contributed by atoms with E-state index >= 15 is 0 Å². The highest BCUT2D eigenvalue weighted by molar-refractivity contribution is 6.46. The number of likely N-dealkylation sites (tertiary alicyclic amines) is 1. The van der Waals surface area contributed by atoms with E-state index in [1.165, 1.54) is 4.90 Å². The molecule has 1 atom stereocenters. The summed E-state index contributed by atoms with van der Waals surface area (Å²) in [5, 5.41) is 12.0. The molecule has 1 saturated heterocycles. The van der Waals surface area contributed by atoms with Crippen molar-refractivity contribution in [2.75, 3.05) is 0 Å². The minimum Gasteiger partial charge on any atom is -0.507 e. The predicted octanol–water partition coefficient (Wildman–Crippen LogP) is 6.90. The third-order valence-corrected chi connectivity index (χ3v) is 7.23. The standard InChI is InChI=1S/C31H24Cl2N2O4/c1-19-4-2-5-20(14-19)18-39-24-10-7-22(8-11-24)29(36)27-28(23-9-12-25(32)26(33)15-23)35(31(38)30(27)37)17-21-6-3-13-34-16-21/h2-16,28,36H,17-18H2,1H3/b29-27+. The van der Waals surface area contributed by atoms with Crippen LogP contribution in [0.1, 0.15) is 33.9 Å². The fraction of sp³-hybridized carbons (Fsp3) is 0.129. The van der Waals surface area contributed by atoms with Crippen molar-refractivity contribution < 1.29 is 19.4 Å². The van der Waals surface area contributed by atoms with Gasteiger partial charge in [0.1, 0.15) is 18.1 Å². The molecule has 0 aliphatic carbocycles. The largest absolute Gasteiger partial charge is 0.507 e. The van der Waals surface area contributed by atoms with E-state index in [0.29, 0.717) is 28.5 Å². The number of hydrogen-bond acceptors (Lipinski definition) is 5. The van der Waals surface area contributed by atoms with Gasteiger partial charge in [0.15, 0.2) is 0 Å². The van der Waals surface area contributed by atoms with E-state index in [9.17, 15) is 14.7 Å². The number of amides is 1. The molecule has 1 aromatic heterocycles. The van der Waals surface area contributed by atoms with E-state index in [2.05, 4.69) is 4.98 Å². The summed E-state index contributed by atoms with van der Waals surface area (Å²) >= 11 is 12.4. The summed E-state index contributed by atoms with van der Waals surface area (Å²) in [5.74, 6) is -1.20. The first kappa shape index (κ1) is 26.5.